The molecule has 0 atom stereocenters. The van der Waals surface area contributed by atoms with Gasteiger partial charge in [0.15, 0.2) is 20.6 Å². The standard InChI is InChI=1S/C17H15FN2O4S2/c18-13-4-1-2-5-14(13)20-16(21)7-9-26(22,23)11-12-10-25-17(19-12)15-6-3-8-24-15/h1-6,8,10H,7,9,11H2,(H,20,21). The van der Waals surface area contributed by atoms with Crippen molar-refractivity contribution in [1.82, 2.24) is 4.98 Å². The van der Waals surface area contributed by atoms with Gasteiger partial charge in [0, 0.05) is 11.8 Å². The Hall–Kier alpha value is -2.52. The number of para-hydroxylation sites is 1. The first-order chi connectivity index (χ1) is 12.4. The summed E-state index contributed by atoms with van der Waals surface area (Å²) in [5, 5.41) is 4.61. The van der Waals surface area contributed by atoms with E-state index in [1.54, 1.807) is 23.6 Å². The number of furan rings is 1. The second-order valence-corrected chi connectivity index (χ2v) is 8.53. The minimum absolute atomic E-state index is 0.0255. The number of benzene rings is 1. The summed E-state index contributed by atoms with van der Waals surface area (Å²) in [6, 6.07) is 9.17. The monoisotopic (exact) mass is 394 g/mol. The van der Waals surface area contributed by atoms with Crippen molar-refractivity contribution in [2.45, 2.75) is 12.2 Å². The minimum Gasteiger partial charge on any atom is -0.462 e. The molecule has 0 unspecified atom stereocenters. The third-order valence-corrected chi connectivity index (χ3v) is 5.91. The van der Waals surface area contributed by atoms with Crippen molar-refractivity contribution in [1.29, 1.82) is 0 Å². The zero-order valence-electron chi connectivity index (χ0n) is 13.5. The Bertz CT molecular complexity index is 997. The van der Waals surface area contributed by atoms with Gasteiger partial charge in [0.25, 0.3) is 0 Å². The largest absolute Gasteiger partial charge is 0.462 e. The van der Waals surface area contributed by atoms with E-state index in [1.165, 1.54) is 35.8 Å². The minimum atomic E-state index is -3.53. The molecule has 0 fully saturated rings. The number of nitrogens with one attached hydrogen (secondary N) is 1. The first kappa shape index (κ1) is 18.3. The molecule has 3 rings (SSSR count). The molecule has 1 aromatic carbocycles. The summed E-state index contributed by atoms with van der Waals surface area (Å²) in [6.07, 6.45) is 1.26. The van der Waals surface area contributed by atoms with Gasteiger partial charge >= 0.3 is 0 Å². The molecule has 0 saturated heterocycles. The Morgan fingerprint density at radius 3 is 2.77 bits per heavy atom. The molecule has 2 heterocycles. The van der Waals surface area contributed by atoms with E-state index in [0.717, 1.165) is 0 Å². The molecule has 0 aliphatic rings. The van der Waals surface area contributed by atoms with E-state index in [-0.39, 0.29) is 23.6 Å². The number of hydrogen-bond acceptors (Lipinski definition) is 6. The summed E-state index contributed by atoms with van der Waals surface area (Å²) in [5.74, 6) is -1.18. The fourth-order valence-electron chi connectivity index (χ4n) is 2.21. The van der Waals surface area contributed by atoms with Gasteiger partial charge in [-0.2, -0.15) is 0 Å². The molecular weight excluding hydrogens is 379 g/mol. The second kappa shape index (κ2) is 7.79. The SMILES string of the molecule is O=C(CCS(=O)(=O)Cc1csc(-c2ccco2)n1)Nc1ccccc1F. The highest BCUT2D eigenvalue weighted by molar-refractivity contribution is 7.90. The molecule has 6 nitrogen and oxygen atoms in total. The maximum absolute atomic E-state index is 13.5. The topological polar surface area (TPSA) is 89.3 Å². The molecular formula is C17H15FN2O4S2. The maximum atomic E-state index is 13.5. The number of aromatic nitrogens is 1. The van der Waals surface area contributed by atoms with Crippen molar-refractivity contribution in [3.63, 3.8) is 0 Å². The predicted octanol–water partition coefficient (Wildman–Crippen LogP) is 3.49. The molecule has 0 aliphatic heterocycles. The normalized spacial score (nSPS) is 11.4. The number of nitrogens with zero attached hydrogens (tertiary/aromatic N) is 1. The molecule has 9 heteroatoms. The number of hydrogen-bond donors (Lipinski definition) is 1. The van der Waals surface area contributed by atoms with Gasteiger partial charge in [0.1, 0.15) is 5.82 Å². The highest BCUT2D eigenvalue weighted by Crippen LogP contribution is 2.24. The summed E-state index contributed by atoms with van der Waals surface area (Å²) in [6.45, 7) is 0. The molecule has 0 spiro atoms. The summed E-state index contributed by atoms with van der Waals surface area (Å²) in [7, 11) is -3.53. The van der Waals surface area contributed by atoms with Crippen LogP contribution in [0.3, 0.4) is 0 Å². The van der Waals surface area contributed by atoms with Gasteiger partial charge in [-0.3, -0.25) is 4.79 Å². The molecule has 3 aromatic rings. The van der Waals surface area contributed by atoms with Gasteiger partial charge in [-0.1, -0.05) is 12.1 Å². The summed E-state index contributed by atoms with van der Waals surface area (Å²) in [5.41, 5.74) is 0.424. The number of thiazole rings is 1. The van der Waals surface area contributed by atoms with Crippen LogP contribution in [-0.4, -0.2) is 25.1 Å². The van der Waals surface area contributed by atoms with Crippen LogP contribution in [0.4, 0.5) is 10.1 Å². The Kier molecular flexibility index (Phi) is 5.48. The number of halogens is 1. The highest BCUT2D eigenvalue weighted by atomic mass is 32.2. The van der Waals surface area contributed by atoms with E-state index in [2.05, 4.69) is 10.3 Å². The quantitative estimate of drug-likeness (QED) is 0.663. The summed E-state index contributed by atoms with van der Waals surface area (Å²) < 4.78 is 43.1. The molecule has 0 bridgehead atoms. The van der Waals surface area contributed by atoms with Gasteiger partial charge in [-0.05, 0) is 24.3 Å². The van der Waals surface area contributed by atoms with Crippen molar-refractivity contribution in [3.8, 4) is 10.8 Å². The number of amides is 1. The van der Waals surface area contributed by atoms with E-state index in [1.807, 2.05) is 0 Å². The average Bonchev–Trinajstić information content (AvgIpc) is 3.26. The van der Waals surface area contributed by atoms with Gasteiger partial charge in [-0.25, -0.2) is 17.8 Å². The fourth-order valence-corrected chi connectivity index (χ4v) is 4.34. The van der Waals surface area contributed by atoms with Crippen molar-refractivity contribution >= 4 is 32.8 Å². The summed E-state index contributed by atoms with van der Waals surface area (Å²) in [4.78, 5) is 16.1. The lowest BCUT2D eigenvalue weighted by atomic mass is 10.3. The molecule has 1 N–H and O–H groups in total. The highest BCUT2D eigenvalue weighted by Gasteiger charge is 2.18. The molecule has 0 aliphatic carbocycles. The summed E-state index contributed by atoms with van der Waals surface area (Å²) >= 11 is 1.29. The third-order valence-electron chi connectivity index (χ3n) is 3.44. The number of sulfone groups is 1. The number of carbonyl (C=O) groups is 1. The molecule has 136 valence electrons. The Balaban J connectivity index is 1.56. The van der Waals surface area contributed by atoms with E-state index >= 15 is 0 Å². The third kappa shape index (κ3) is 4.77. The molecule has 0 radical (unpaired) electrons. The van der Waals surface area contributed by atoms with Gasteiger partial charge in [0.05, 0.1) is 29.2 Å². The van der Waals surface area contributed by atoms with Gasteiger partial charge in [-0.15, -0.1) is 11.3 Å². The maximum Gasteiger partial charge on any atom is 0.225 e. The van der Waals surface area contributed by atoms with Crippen LogP contribution in [0.2, 0.25) is 0 Å². The average molecular weight is 394 g/mol. The van der Waals surface area contributed by atoms with Crippen LogP contribution in [0.5, 0.6) is 0 Å². The number of anilines is 1. The van der Waals surface area contributed by atoms with Crippen molar-refractivity contribution in [3.05, 3.63) is 59.6 Å². The zero-order valence-corrected chi connectivity index (χ0v) is 15.1. The fraction of sp³-hybridized carbons (Fsp3) is 0.176. The zero-order chi connectivity index (χ0) is 18.6. The molecule has 2 aromatic heterocycles. The van der Waals surface area contributed by atoms with Gasteiger partial charge < -0.3 is 9.73 Å². The lowest BCUT2D eigenvalue weighted by Gasteiger charge is -2.06. The van der Waals surface area contributed by atoms with Crippen molar-refractivity contribution < 1.29 is 22.0 Å². The van der Waals surface area contributed by atoms with Crippen molar-refractivity contribution in [2.75, 3.05) is 11.1 Å². The van der Waals surface area contributed by atoms with Crippen LogP contribution in [0.1, 0.15) is 12.1 Å². The van der Waals surface area contributed by atoms with E-state index < -0.39 is 21.6 Å². The Labute approximate surface area is 153 Å². The number of carbonyl (C=O) groups excluding carboxylic acids is 1. The van der Waals surface area contributed by atoms with Crippen LogP contribution in [0, 0.1) is 5.82 Å². The van der Waals surface area contributed by atoms with Crippen LogP contribution in [-0.2, 0) is 20.4 Å². The molecule has 1 amide bonds. The van der Waals surface area contributed by atoms with E-state index in [0.29, 0.717) is 16.5 Å². The lowest BCUT2D eigenvalue weighted by Crippen LogP contribution is -2.19. The van der Waals surface area contributed by atoms with Crippen LogP contribution in [0.15, 0.2) is 52.5 Å². The second-order valence-electron chi connectivity index (χ2n) is 5.49. The first-order valence-corrected chi connectivity index (χ1v) is 10.4. The smallest absolute Gasteiger partial charge is 0.225 e. The van der Waals surface area contributed by atoms with E-state index in [9.17, 15) is 17.6 Å². The van der Waals surface area contributed by atoms with Crippen LogP contribution >= 0.6 is 11.3 Å². The van der Waals surface area contributed by atoms with Crippen molar-refractivity contribution in [2.24, 2.45) is 0 Å². The Morgan fingerprint density at radius 1 is 1.23 bits per heavy atom. The number of rotatable bonds is 7. The van der Waals surface area contributed by atoms with Crippen LogP contribution in [0.25, 0.3) is 10.8 Å². The molecule has 26 heavy (non-hydrogen) atoms. The predicted molar refractivity (Wildman–Crippen MR) is 97.0 cm³/mol. The van der Waals surface area contributed by atoms with Gasteiger partial charge in [0.2, 0.25) is 5.91 Å². The first-order valence-electron chi connectivity index (χ1n) is 7.66. The Morgan fingerprint density at radius 2 is 2.04 bits per heavy atom. The van der Waals surface area contributed by atoms with Crippen LogP contribution < -0.4 is 5.32 Å². The lowest BCUT2D eigenvalue weighted by molar-refractivity contribution is -0.115. The van der Waals surface area contributed by atoms with E-state index in [4.69, 9.17) is 4.42 Å². The molecule has 0 saturated carbocycles.